The van der Waals surface area contributed by atoms with Crippen LogP contribution in [0.2, 0.25) is 0 Å². The Bertz CT molecular complexity index is 178. The number of alkyl halides is 4. The lowest BCUT2D eigenvalue weighted by Crippen LogP contribution is -2.30. The SMILES string of the molecule is CCC[C@H](F)[C@@H](F)COC(F)(F)CCCO. The second-order valence-corrected chi connectivity index (χ2v) is 3.60. The molecule has 0 spiro atoms. The third kappa shape index (κ3) is 7.00. The summed E-state index contributed by atoms with van der Waals surface area (Å²) in [5, 5.41) is 8.34. The quantitative estimate of drug-likeness (QED) is 0.634. The van der Waals surface area contributed by atoms with Crippen molar-refractivity contribution >= 4 is 0 Å². The molecule has 2 nitrogen and oxygen atoms in total. The maximum atomic E-state index is 13.0. The van der Waals surface area contributed by atoms with Gasteiger partial charge in [-0.05, 0) is 12.8 Å². The van der Waals surface area contributed by atoms with Crippen LogP contribution in [0, 0.1) is 0 Å². The smallest absolute Gasteiger partial charge is 0.355 e. The van der Waals surface area contributed by atoms with Gasteiger partial charge in [-0.2, -0.15) is 8.78 Å². The van der Waals surface area contributed by atoms with Crippen LogP contribution >= 0.6 is 0 Å². The van der Waals surface area contributed by atoms with Gasteiger partial charge in [0.1, 0.15) is 6.17 Å². The number of rotatable bonds is 9. The van der Waals surface area contributed by atoms with Crippen LogP contribution in [0.25, 0.3) is 0 Å². The molecule has 0 aliphatic heterocycles. The Morgan fingerprint density at radius 3 is 2.38 bits per heavy atom. The second-order valence-electron chi connectivity index (χ2n) is 3.60. The fourth-order valence-electron chi connectivity index (χ4n) is 1.12. The first-order valence-electron chi connectivity index (χ1n) is 5.33. The molecule has 98 valence electrons. The second kappa shape index (κ2) is 7.84. The minimum absolute atomic E-state index is 0.00720. The minimum atomic E-state index is -3.50. The summed E-state index contributed by atoms with van der Waals surface area (Å²) in [5.74, 6) is 0. The molecule has 0 aliphatic carbocycles. The van der Waals surface area contributed by atoms with Gasteiger partial charge in [0, 0.05) is 13.0 Å². The van der Waals surface area contributed by atoms with E-state index in [0.29, 0.717) is 6.42 Å². The van der Waals surface area contributed by atoms with E-state index >= 15 is 0 Å². The summed E-state index contributed by atoms with van der Waals surface area (Å²) in [7, 11) is 0. The van der Waals surface area contributed by atoms with Gasteiger partial charge in [0.2, 0.25) is 0 Å². The van der Waals surface area contributed by atoms with E-state index in [1.807, 2.05) is 0 Å². The predicted octanol–water partition coefficient (Wildman–Crippen LogP) is 2.84. The van der Waals surface area contributed by atoms with E-state index in [9.17, 15) is 17.6 Å². The average molecular weight is 246 g/mol. The maximum absolute atomic E-state index is 13.0. The van der Waals surface area contributed by atoms with E-state index in [2.05, 4.69) is 4.74 Å². The van der Waals surface area contributed by atoms with Gasteiger partial charge in [0.25, 0.3) is 0 Å². The highest BCUT2D eigenvalue weighted by Gasteiger charge is 2.32. The molecule has 0 aliphatic rings. The maximum Gasteiger partial charge on any atom is 0.355 e. The molecule has 0 saturated heterocycles. The van der Waals surface area contributed by atoms with Crippen molar-refractivity contribution in [3.8, 4) is 0 Å². The Balaban J connectivity index is 3.84. The van der Waals surface area contributed by atoms with Gasteiger partial charge < -0.3 is 9.84 Å². The van der Waals surface area contributed by atoms with E-state index < -0.39 is 31.5 Å². The third-order valence-electron chi connectivity index (χ3n) is 2.04. The molecule has 2 atom stereocenters. The Hall–Kier alpha value is -0.360. The summed E-state index contributed by atoms with van der Waals surface area (Å²) in [6.07, 6.45) is -7.69. The van der Waals surface area contributed by atoms with E-state index in [4.69, 9.17) is 5.11 Å². The number of hydrogen-bond acceptors (Lipinski definition) is 2. The van der Waals surface area contributed by atoms with Gasteiger partial charge in [-0.1, -0.05) is 13.3 Å². The van der Waals surface area contributed by atoms with Gasteiger partial charge in [-0.25, -0.2) is 8.78 Å². The molecule has 0 aromatic rings. The van der Waals surface area contributed by atoms with Crippen molar-refractivity contribution in [1.29, 1.82) is 0 Å². The van der Waals surface area contributed by atoms with E-state index in [1.54, 1.807) is 6.92 Å². The van der Waals surface area contributed by atoms with Crippen molar-refractivity contribution in [3.63, 3.8) is 0 Å². The summed E-state index contributed by atoms with van der Waals surface area (Å²) >= 11 is 0. The number of halogens is 4. The van der Waals surface area contributed by atoms with Gasteiger partial charge >= 0.3 is 6.11 Å². The molecular formula is C10H18F4O2. The number of aliphatic hydroxyl groups excluding tert-OH is 1. The molecule has 0 aromatic heterocycles. The molecule has 16 heavy (non-hydrogen) atoms. The summed E-state index contributed by atoms with van der Waals surface area (Å²) in [4.78, 5) is 0. The van der Waals surface area contributed by atoms with Crippen LogP contribution in [-0.4, -0.2) is 36.8 Å². The monoisotopic (exact) mass is 246 g/mol. The average Bonchev–Trinajstić information content (AvgIpc) is 2.23. The highest BCUT2D eigenvalue weighted by Crippen LogP contribution is 2.23. The lowest BCUT2D eigenvalue weighted by molar-refractivity contribution is -0.251. The molecule has 0 aromatic carbocycles. The van der Waals surface area contributed by atoms with Crippen molar-refractivity contribution in [2.24, 2.45) is 0 Å². The third-order valence-corrected chi connectivity index (χ3v) is 2.04. The van der Waals surface area contributed by atoms with Crippen LogP contribution in [0.3, 0.4) is 0 Å². The van der Waals surface area contributed by atoms with Crippen LogP contribution in [0.5, 0.6) is 0 Å². The van der Waals surface area contributed by atoms with Crippen molar-refractivity contribution in [1.82, 2.24) is 0 Å². The molecule has 0 unspecified atom stereocenters. The lowest BCUT2D eigenvalue weighted by Gasteiger charge is -2.19. The molecule has 0 bridgehead atoms. The van der Waals surface area contributed by atoms with Crippen molar-refractivity contribution < 1.29 is 27.4 Å². The Labute approximate surface area is 92.6 Å². The van der Waals surface area contributed by atoms with Crippen molar-refractivity contribution in [2.75, 3.05) is 13.2 Å². The fraction of sp³-hybridized carbons (Fsp3) is 1.00. The van der Waals surface area contributed by atoms with Gasteiger partial charge in [0.15, 0.2) is 6.17 Å². The zero-order valence-electron chi connectivity index (χ0n) is 9.26. The molecule has 0 amide bonds. The molecule has 0 fully saturated rings. The highest BCUT2D eigenvalue weighted by atomic mass is 19.3. The Morgan fingerprint density at radius 2 is 1.88 bits per heavy atom. The van der Waals surface area contributed by atoms with Crippen LogP contribution in [0.1, 0.15) is 32.6 Å². The van der Waals surface area contributed by atoms with Crippen LogP contribution in [0.15, 0.2) is 0 Å². The molecule has 1 N–H and O–H groups in total. The Kier molecular flexibility index (Phi) is 7.66. The lowest BCUT2D eigenvalue weighted by atomic mass is 10.1. The van der Waals surface area contributed by atoms with Gasteiger partial charge in [-0.3, -0.25) is 0 Å². The summed E-state index contributed by atoms with van der Waals surface area (Å²) in [5.41, 5.74) is 0. The van der Waals surface area contributed by atoms with Crippen LogP contribution < -0.4 is 0 Å². The van der Waals surface area contributed by atoms with E-state index in [-0.39, 0.29) is 19.4 Å². The zero-order chi connectivity index (χ0) is 12.6. The van der Waals surface area contributed by atoms with Gasteiger partial charge in [0.05, 0.1) is 6.61 Å². The normalized spacial score (nSPS) is 16.1. The van der Waals surface area contributed by atoms with Crippen molar-refractivity contribution in [3.05, 3.63) is 0 Å². The van der Waals surface area contributed by atoms with Crippen molar-refractivity contribution in [2.45, 2.75) is 51.1 Å². The first kappa shape index (κ1) is 15.6. The summed E-state index contributed by atoms with van der Waals surface area (Å²) < 4.78 is 55.4. The molecular weight excluding hydrogens is 228 g/mol. The standard InChI is InChI=1S/C10H18F4O2/c1-2-4-8(11)9(12)7-16-10(13,14)5-3-6-15/h8-9,15H,2-7H2,1H3/t8-,9-/m0/s1. The summed E-state index contributed by atoms with van der Waals surface area (Å²) in [6.45, 7) is 0.329. The topological polar surface area (TPSA) is 29.5 Å². The van der Waals surface area contributed by atoms with Crippen LogP contribution in [0.4, 0.5) is 17.6 Å². The number of ether oxygens (including phenoxy) is 1. The highest BCUT2D eigenvalue weighted by molar-refractivity contribution is 4.68. The number of hydrogen-bond donors (Lipinski definition) is 1. The summed E-state index contributed by atoms with van der Waals surface area (Å²) in [6, 6.07) is 0. The van der Waals surface area contributed by atoms with E-state index in [1.165, 1.54) is 0 Å². The zero-order valence-corrected chi connectivity index (χ0v) is 9.26. The fourth-order valence-corrected chi connectivity index (χ4v) is 1.12. The molecule has 0 heterocycles. The molecule has 6 heteroatoms. The first-order valence-corrected chi connectivity index (χ1v) is 5.33. The predicted molar refractivity (Wildman–Crippen MR) is 51.9 cm³/mol. The van der Waals surface area contributed by atoms with Gasteiger partial charge in [-0.15, -0.1) is 0 Å². The molecule has 0 radical (unpaired) electrons. The molecule has 0 rings (SSSR count). The van der Waals surface area contributed by atoms with Crippen LogP contribution in [-0.2, 0) is 4.74 Å². The minimum Gasteiger partial charge on any atom is -0.396 e. The largest absolute Gasteiger partial charge is 0.396 e. The Morgan fingerprint density at radius 1 is 1.25 bits per heavy atom. The first-order chi connectivity index (χ1) is 7.43. The molecule has 0 saturated carbocycles. The van der Waals surface area contributed by atoms with E-state index in [0.717, 1.165) is 0 Å². The number of aliphatic hydroxyl groups is 1.